The van der Waals surface area contributed by atoms with Crippen LogP contribution in [0.15, 0.2) is 66.1 Å². The highest BCUT2D eigenvalue weighted by Gasteiger charge is 2.11. The molecule has 0 radical (unpaired) electrons. The summed E-state index contributed by atoms with van der Waals surface area (Å²) in [5.74, 6) is 1.21. The molecule has 6 nitrogen and oxygen atoms in total. The number of fused-ring (bicyclic) bond motifs is 1. The van der Waals surface area contributed by atoms with Crippen molar-refractivity contribution in [1.29, 1.82) is 0 Å². The first-order chi connectivity index (χ1) is 11.8. The molecular weight excluding hydrogens is 306 g/mol. The minimum atomic E-state index is -0.302. The SMILES string of the molecule is O=C(N/N=C/C=C/C=C/c1ccc2c(c1)OCO2)c1cccnc1. The van der Waals surface area contributed by atoms with Gasteiger partial charge in [0.05, 0.1) is 5.56 Å². The maximum absolute atomic E-state index is 11.7. The standard InChI is InChI=1S/C18H15N3O3/c22-18(15-6-4-9-19-12-15)21-20-10-3-1-2-5-14-7-8-16-17(11-14)24-13-23-16/h1-12H,13H2,(H,21,22)/b3-1+,5-2+,20-10+. The van der Waals surface area contributed by atoms with Gasteiger partial charge in [0.25, 0.3) is 5.91 Å². The van der Waals surface area contributed by atoms with Gasteiger partial charge in [-0.05, 0) is 35.9 Å². The summed E-state index contributed by atoms with van der Waals surface area (Å²) in [6.45, 7) is 0.267. The number of carbonyl (C=O) groups excluding carboxylic acids is 1. The van der Waals surface area contributed by atoms with E-state index < -0.39 is 0 Å². The van der Waals surface area contributed by atoms with Crippen LogP contribution >= 0.6 is 0 Å². The van der Waals surface area contributed by atoms with Crippen LogP contribution in [0.2, 0.25) is 0 Å². The van der Waals surface area contributed by atoms with Crippen LogP contribution in [-0.2, 0) is 0 Å². The fraction of sp³-hybridized carbons (Fsp3) is 0.0556. The number of hydrogen-bond donors (Lipinski definition) is 1. The Morgan fingerprint density at radius 3 is 2.96 bits per heavy atom. The number of hydrazone groups is 1. The lowest BCUT2D eigenvalue weighted by Gasteiger charge is -1.97. The number of nitrogens with zero attached hydrogens (tertiary/aromatic N) is 2. The van der Waals surface area contributed by atoms with Crippen molar-refractivity contribution in [3.05, 3.63) is 72.1 Å². The molecule has 1 aromatic carbocycles. The van der Waals surface area contributed by atoms with Crippen LogP contribution in [0.5, 0.6) is 11.5 Å². The van der Waals surface area contributed by atoms with Crippen molar-refractivity contribution in [1.82, 2.24) is 10.4 Å². The fourth-order valence-electron chi connectivity index (χ4n) is 2.00. The second kappa shape index (κ2) is 7.73. The summed E-state index contributed by atoms with van der Waals surface area (Å²) in [6, 6.07) is 9.09. The number of allylic oxidation sites excluding steroid dienone is 3. The molecule has 0 aliphatic carbocycles. The van der Waals surface area contributed by atoms with E-state index >= 15 is 0 Å². The monoisotopic (exact) mass is 321 g/mol. The quantitative estimate of drug-likeness (QED) is 0.522. The van der Waals surface area contributed by atoms with Gasteiger partial charge < -0.3 is 9.47 Å². The summed E-state index contributed by atoms with van der Waals surface area (Å²) in [7, 11) is 0. The minimum absolute atomic E-state index is 0.267. The highest BCUT2D eigenvalue weighted by Crippen LogP contribution is 2.32. The Bertz CT molecular complexity index is 798. The third-order valence-corrected chi connectivity index (χ3v) is 3.16. The highest BCUT2D eigenvalue weighted by atomic mass is 16.7. The van der Waals surface area contributed by atoms with Gasteiger partial charge in [-0.2, -0.15) is 5.10 Å². The molecule has 1 aliphatic rings. The maximum atomic E-state index is 11.7. The van der Waals surface area contributed by atoms with Crippen molar-refractivity contribution < 1.29 is 14.3 Å². The number of amides is 1. The Labute approximate surface area is 139 Å². The lowest BCUT2D eigenvalue weighted by molar-refractivity contribution is 0.0955. The molecule has 120 valence electrons. The van der Waals surface area contributed by atoms with Gasteiger partial charge in [0.15, 0.2) is 11.5 Å². The van der Waals surface area contributed by atoms with E-state index in [4.69, 9.17) is 9.47 Å². The molecule has 0 saturated heterocycles. The third kappa shape index (κ3) is 4.07. The summed E-state index contributed by atoms with van der Waals surface area (Å²) in [5.41, 5.74) is 3.89. The Hall–Kier alpha value is -3.41. The Morgan fingerprint density at radius 2 is 2.08 bits per heavy atom. The Balaban J connectivity index is 1.47. The third-order valence-electron chi connectivity index (χ3n) is 3.16. The molecule has 0 atom stereocenters. The van der Waals surface area contributed by atoms with E-state index in [1.54, 1.807) is 24.4 Å². The van der Waals surface area contributed by atoms with Crippen LogP contribution in [0.1, 0.15) is 15.9 Å². The van der Waals surface area contributed by atoms with E-state index in [0.29, 0.717) is 5.56 Å². The zero-order chi connectivity index (χ0) is 16.6. The van der Waals surface area contributed by atoms with Crippen LogP contribution in [-0.4, -0.2) is 23.9 Å². The first kappa shape index (κ1) is 15.5. The first-order valence-electron chi connectivity index (χ1n) is 7.29. The van der Waals surface area contributed by atoms with Crippen molar-refractivity contribution in [2.75, 3.05) is 6.79 Å². The number of benzene rings is 1. The summed E-state index contributed by atoms with van der Waals surface area (Å²) in [6.07, 6.45) is 11.9. The second-order valence-electron chi connectivity index (χ2n) is 4.82. The van der Waals surface area contributed by atoms with Gasteiger partial charge in [-0.15, -0.1) is 0 Å². The number of pyridine rings is 1. The van der Waals surface area contributed by atoms with Crippen LogP contribution in [0, 0.1) is 0 Å². The molecule has 3 rings (SSSR count). The van der Waals surface area contributed by atoms with E-state index in [1.165, 1.54) is 12.4 Å². The first-order valence-corrected chi connectivity index (χ1v) is 7.29. The predicted octanol–water partition coefficient (Wildman–Crippen LogP) is 2.80. The van der Waals surface area contributed by atoms with E-state index in [-0.39, 0.29) is 12.7 Å². The normalized spacial score (nSPS) is 13.2. The summed E-state index contributed by atoms with van der Waals surface area (Å²) in [5, 5.41) is 3.83. The van der Waals surface area contributed by atoms with Crippen LogP contribution in [0.4, 0.5) is 0 Å². The van der Waals surface area contributed by atoms with Gasteiger partial charge in [0.2, 0.25) is 6.79 Å². The molecule has 6 heteroatoms. The fourth-order valence-corrected chi connectivity index (χ4v) is 2.00. The van der Waals surface area contributed by atoms with Gasteiger partial charge in [0.1, 0.15) is 0 Å². The van der Waals surface area contributed by atoms with Crippen LogP contribution in [0.25, 0.3) is 6.08 Å². The zero-order valence-corrected chi connectivity index (χ0v) is 12.8. The number of rotatable bonds is 5. The van der Waals surface area contributed by atoms with E-state index in [9.17, 15) is 4.79 Å². The molecule has 0 spiro atoms. The Kier molecular flexibility index (Phi) is 4.99. The summed E-state index contributed by atoms with van der Waals surface area (Å²) in [4.78, 5) is 15.6. The molecule has 2 heterocycles. The molecule has 1 aromatic heterocycles. The van der Waals surface area contributed by atoms with Crippen LogP contribution in [0.3, 0.4) is 0 Å². The zero-order valence-electron chi connectivity index (χ0n) is 12.8. The lowest BCUT2D eigenvalue weighted by Crippen LogP contribution is -2.17. The van der Waals surface area contributed by atoms with Gasteiger partial charge >= 0.3 is 0 Å². The summed E-state index contributed by atoms with van der Waals surface area (Å²) < 4.78 is 10.6. The maximum Gasteiger partial charge on any atom is 0.272 e. The lowest BCUT2D eigenvalue weighted by atomic mass is 10.2. The number of ether oxygens (including phenoxy) is 2. The molecule has 0 bridgehead atoms. The van der Waals surface area contributed by atoms with Crippen LogP contribution < -0.4 is 14.9 Å². The van der Waals surface area contributed by atoms with Crippen molar-refractivity contribution >= 4 is 18.2 Å². The summed E-state index contributed by atoms with van der Waals surface area (Å²) >= 11 is 0. The second-order valence-corrected chi connectivity index (χ2v) is 4.82. The molecule has 0 fully saturated rings. The number of carbonyl (C=O) groups is 1. The molecule has 24 heavy (non-hydrogen) atoms. The van der Waals surface area contributed by atoms with E-state index in [2.05, 4.69) is 15.5 Å². The molecule has 0 unspecified atom stereocenters. The van der Waals surface area contributed by atoms with Gasteiger partial charge in [-0.1, -0.05) is 24.3 Å². The van der Waals surface area contributed by atoms with Crippen molar-refractivity contribution in [3.63, 3.8) is 0 Å². The molecule has 1 aliphatic heterocycles. The number of aromatic nitrogens is 1. The molecule has 2 aromatic rings. The topological polar surface area (TPSA) is 72.8 Å². The van der Waals surface area contributed by atoms with Crippen molar-refractivity contribution in [3.8, 4) is 11.5 Å². The smallest absolute Gasteiger partial charge is 0.272 e. The largest absolute Gasteiger partial charge is 0.454 e. The molecular formula is C18H15N3O3. The van der Waals surface area contributed by atoms with Gasteiger partial charge in [-0.25, -0.2) is 5.43 Å². The Morgan fingerprint density at radius 1 is 1.17 bits per heavy atom. The average Bonchev–Trinajstić information content (AvgIpc) is 3.09. The van der Waals surface area contributed by atoms with E-state index in [1.807, 2.05) is 36.4 Å². The highest BCUT2D eigenvalue weighted by molar-refractivity contribution is 5.94. The van der Waals surface area contributed by atoms with Crippen molar-refractivity contribution in [2.24, 2.45) is 5.10 Å². The van der Waals surface area contributed by atoms with Crippen molar-refractivity contribution in [2.45, 2.75) is 0 Å². The molecule has 1 amide bonds. The van der Waals surface area contributed by atoms with Gasteiger partial charge in [0, 0.05) is 18.6 Å². The molecule has 1 N–H and O–H groups in total. The van der Waals surface area contributed by atoms with Gasteiger partial charge in [-0.3, -0.25) is 9.78 Å². The predicted molar refractivity (Wildman–Crippen MR) is 90.9 cm³/mol. The molecule has 0 saturated carbocycles. The number of hydrogen-bond acceptors (Lipinski definition) is 5. The number of nitrogens with one attached hydrogen (secondary N) is 1. The average molecular weight is 321 g/mol. The minimum Gasteiger partial charge on any atom is -0.454 e. The van der Waals surface area contributed by atoms with E-state index in [0.717, 1.165) is 17.1 Å².